The van der Waals surface area contributed by atoms with Crippen molar-refractivity contribution in [3.8, 4) is 0 Å². The third-order valence-corrected chi connectivity index (χ3v) is 5.16. The lowest BCUT2D eigenvalue weighted by atomic mass is 9.96. The number of likely N-dealkylation sites (tertiary alicyclic amines) is 1. The minimum atomic E-state index is -0.123. The molecule has 26 heavy (non-hydrogen) atoms. The van der Waals surface area contributed by atoms with E-state index in [0.29, 0.717) is 18.7 Å². The Labute approximate surface area is 154 Å². The van der Waals surface area contributed by atoms with Gasteiger partial charge >= 0.3 is 0 Å². The van der Waals surface area contributed by atoms with Crippen LogP contribution in [0.2, 0.25) is 0 Å². The quantitative estimate of drug-likeness (QED) is 0.800. The molecule has 0 saturated carbocycles. The Hall–Kier alpha value is -2.37. The van der Waals surface area contributed by atoms with Crippen LogP contribution in [0.3, 0.4) is 0 Å². The zero-order chi connectivity index (χ0) is 18.5. The van der Waals surface area contributed by atoms with Crippen LogP contribution in [0.1, 0.15) is 61.6 Å². The fraction of sp³-hybridized carbons (Fsp3) is 0.550. The van der Waals surface area contributed by atoms with Crippen LogP contribution in [0, 0.1) is 0 Å². The van der Waals surface area contributed by atoms with Crippen molar-refractivity contribution in [3.05, 3.63) is 52.5 Å². The summed E-state index contributed by atoms with van der Waals surface area (Å²) in [6, 6.07) is 3.21. The molecule has 2 aromatic rings. The minimum absolute atomic E-state index is 0.0540. The summed E-state index contributed by atoms with van der Waals surface area (Å²) in [5.41, 5.74) is 0.358. The van der Waals surface area contributed by atoms with E-state index >= 15 is 0 Å². The maximum Gasteiger partial charge on any atom is 0.254 e. The fourth-order valence-electron chi connectivity index (χ4n) is 3.66. The second-order valence-electron chi connectivity index (χ2n) is 6.96. The molecule has 0 radical (unpaired) electrons. The number of pyridine rings is 1. The van der Waals surface area contributed by atoms with Gasteiger partial charge in [0.15, 0.2) is 0 Å². The molecular formula is C20H28N4O2. The maximum atomic E-state index is 12.9. The molecule has 0 aliphatic carbocycles. The average Bonchev–Trinajstić information content (AvgIpc) is 3.14. The number of aryl methyl sites for hydroxylation is 2. The van der Waals surface area contributed by atoms with Gasteiger partial charge in [-0.25, -0.2) is 4.98 Å². The van der Waals surface area contributed by atoms with Crippen molar-refractivity contribution in [2.75, 3.05) is 13.1 Å². The van der Waals surface area contributed by atoms with Crippen LogP contribution >= 0.6 is 0 Å². The molecule has 0 N–H and O–H groups in total. The molecular weight excluding hydrogens is 328 g/mol. The molecule has 2 aromatic heterocycles. The molecule has 140 valence electrons. The lowest BCUT2D eigenvalue weighted by molar-refractivity contribution is 0.0703. The third kappa shape index (κ3) is 3.89. The Kier molecular flexibility index (Phi) is 5.91. The zero-order valence-electron chi connectivity index (χ0n) is 15.7. The summed E-state index contributed by atoms with van der Waals surface area (Å²) in [6.45, 7) is 7.09. The third-order valence-electron chi connectivity index (χ3n) is 5.16. The van der Waals surface area contributed by atoms with Crippen LogP contribution < -0.4 is 5.56 Å². The predicted octanol–water partition coefficient (Wildman–Crippen LogP) is 2.88. The summed E-state index contributed by atoms with van der Waals surface area (Å²) in [5, 5.41) is 0. The number of piperidine rings is 1. The van der Waals surface area contributed by atoms with Gasteiger partial charge in [0.25, 0.3) is 11.5 Å². The van der Waals surface area contributed by atoms with Crippen molar-refractivity contribution in [3.63, 3.8) is 0 Å². The molecule has 0 spiro atoms. The number of aromatic nitrogens is 3. The molecule has 3 heterocycles. The standard InChI is InChI=1S/C20H28N4O2/c1-3-5-10-23-13-9-21-19(23)17-7-6-11-24(15-17)20(26)16-8-12-22(4-2)18(25)14-16/h8-9,12-14,17H,3-7,10-11,15H2,1-2H3. The van der Waals surface area contributed by atoms with Crippen molar-refractivity contribution in [1.29, 1.82) is 0 Å². The average molecular weight is 356 g/mol. The van der Waals surface area contributed by atoms with Crippen LogP contribution in [-0.4, -0.2) is 38.0 Å². The van der Waals surface area contributed by atoms with Gasteiger partial charge in [-0.05, 0) is 32.3 Å². The smallest absolute Gasteiger partial charge is 0.254 e. The SMILES string of the molecule is CCCCn1ccnc1C1CCCN(C(=O)c2ccn(CC)c(=O)c2)C1. The van der Waals surface area contributed by atoms with Gasteiger partial charge < -0.3 is 14.0 Å². The Morgan fingerprint density at radius 3 is 2.85 bits per heavy atom. The van der Waals surface area contributed by atoms with E-state index in [1.54, 1.807) is 16.8 Å². The maximum absolute atomic E-state index is 12.9. The van der Waals surface area contributed by atoms with Gasteiger partial charge in [0.2, 0.25) is 0 Å². The van der Waals surface area contributed by atoms with E-state index in [4.69, 9.17) is 0 Å². The summed E-state index contributed by atoms with van der Waals surface area (Å²) in [7, 11) is 0. The number of rotatable bonds is 6. The highest BCUT2D eigenvalue weighted by atomic mass is 16.2. The van der Waals surface area contributed by atoms with E-state index < -0.39 is 0 Å². The molecule has 1 fully saturated rings. The lowest BCUT2D eigenvalue weighted by Gasteiger charge is -2.32. The number of amides is 1. The number of hydrogen-bond acceptors (Lipinski definition) is 3. The highest BCUT2D eigenvalue weighted by Crippen LogP contribution is 2.27. The predicted molar refractivity (Wildman–Crippen MR) is 101 cm³/mol. The summed E-state index contributed by atoms with van der Waals surface area (Å²) < 4.78 is 3.82. The van der Waals surface area contributed by atoms with Crippen LogP contribution in [0.25, 0.3) is 0 Å². The molecule has 1 aliphatic heterocycles. The largest absolute Gasteiger partial charge is 0.338 e. The number of imidazole rings is 1. The molecule has 1 amide bonds. The van der Waals surface area contributed by atoms with Crippen LogP contribution in [-0.2, 0) is 13.1 Å². The van der Waals surface area contributed by atoms with E-state index in [1.165, 1.54) is 6.07 Å². The number of unbranched alkanes of at least 4 members (excludes halogenated alkanes) is 1. The molecule has 1 aliphatic rings. The van der Waals surface area contributed by atoms with Gasteiger partial charge in [0, 0.05) is 62.3 Å². The second kappa shape index (κ2) is 8.34. The molecule has 1 unspecified atom stereocenters. The molecule has 1 atom stereocenters. The Morgan fingerprint density at radius 1 is 1.27 bits per heavy atom. The second-order valence-corrected chi connectivity index (χ2v) is 6.96. The fourth-order valence-corrected chi connectivity index (χ4v) is 3.66. The van der Waals surface area contributed by atoms with Crippen molar-refractivity contribution in [2.45, 2.75) is 58.5 Å². The first-order chi connectivity index (χ1) is 12.6. The number of nitrogens with zero attached hydrogens (tertiary/aromatic N) is 4. The summed E-state index contributed by atoms with van der Waals surface area (Å²) in [4.78, 5) is 31.3. The first kappa shape index (κ1) is 18.4. The topological polar surface area (TPSA) is 60.1 Å². The number of carbonyl (C=O) groups excluding carboxylic acids is 1. The van der Waals surface area contributed by atoms with Crippen LogP contribution in [0.5, 0.6) is 0 Å². The van der Waals surface area contributed by atoms with E-state index in [2.05, 4.69) is 16.5 Å². The number of carbonyl (C=O) groups is 1. The van der Waals surface area contributed by atoms with Crippen molar-refractivity contribution >= 4 is 5.91 Å². The normalized spacial score (nSPS) is 17.5. The number of hydrogen-bond donors (Lipinski definition) is 0. The monoisotopic (exact) mass is 356 g/mol. The zero-order valence-corrected chi connectivity index (χ0v) is 15.7. The Balaban J connectivity index is 1.74. The van der Waals surface area contributed by atoms with E-state index in [-0.39, 0.29) is 17.4 Å². The van der Waals surface area contributed by atoms with Crippen molar-refractivity contribution in [1.82, 2.24) is 19.0 Å². The molecule has 6 heteroatoms. The van der Waals surface area contributed by atoms with Gasteiger partial charge in [-0.3, -0.25) is 9.59 Å². The first-order valence-corrected chi connectivity index (χ1v) is 9.64. The first-order valence-electron chi connectivity index (χ1n) is 9.64. The minimum Gasteiger partial charge on any atom is -0.338 e. The molecule has 3 rings (SSSR count). The molecule has 0 bridgehead atoms. The Morgan fingerprint density at radius 2 is 2.12 bits per heavy atom. The Bertz CT molecular complexity index is 808. The highest BCUT2D eigenvalue weighted by Gasteiger charge is 2.28. The highest BCUT2D eigenvalue weighted by molar-refractivity contribution is 5.94. The van der Waals surface area contributed by atoms with Gasteiger partial charge in [0.1, 0.15) is 5.82 Å². The molecule has 0 aromatic carbocycles. The van der Waals surface area contributed by atoms with Gasteiger partial charge in [-0.2, -0.15) is 0 Å². The molecule has 6 nitrogen and oxygen atoms in total. The van der Waals surface area contributed by atoms with Crippen LogP contribution in [0.15, 0.2) is 35.5 Å². The van der Waals surface area contributed by atoms with E-state index in [1.807, 2.05) is 24.2 Å². The summed E-state index contributed by atoms with van der Waals surface area (Å²) in [6.07, 6.45) is 9.89. The van der Waals surface area contributed by atoms with Crippen LogP contribution in [0.4, 0.5) is 0 Å². The summed E-state index contributed by atoms with van der Waals surface area (Å²) in [5.74, 6) is 1.29. The van der Waals surface area contributed by atoms with E-state index in [0.717, 1.165) is 44.6 Å². The van der Waals surface area contributed by atoms with Crippen molar-refractivity contribution < 1.29 is 4.79 Å². The molecule has 1 saturated heterocycles. The van der Waals surface area contributed by atoms with E-state index in [9.17, 15) is 9.59 Å². The lowest BCUT2D eigenvalue weighted by Crippen LogP contribution is -2.40. The van der Waals surface area contributed by atoms with Gasteiger partial charge in [0.05, 0.1) is 0 Å². The van der Waals surface area contributed by atoms with Crippen molar-refractivity contribution in [2.24, 2.45) is 0 Å². The van der Waals surface area contributed by atoms with Gasteiger partial charge in [-0.1, -0.05) is 13.3 Å². The van der Waals surface area contributed by atoms with Gasteiger partial charge in [-0.15, -0.1) is 0 Å². The summed E-state index contributed by atoms with van der Waals surface area (Å²) >= 11 is 0.